The lowest BCUT2D eigenvalue weighted by molar-refractivity contribution is -0.0696. The van der Waals surface area contributed by atoms with Gasteiger partial charge in [0.25, 0.3) is 0 Å². The average molecular weight is 332 g/mol. The summed E-state index contributed by atoms with van der Waals surface area (Å²) in [5.41, 5.74) is 7.60. The zero-order chi connectivity index (χ0) is 13.0. The molecule has 18 heavy (non-hydrogen) atoms. The second kappa shape index (κ2) is 6.51. The maximum Gasteiger partial charge on any atom is 0.0874 e. The first kappa shape index (κ1) is 14.5. The third-order valence-electron chi connectivity index (χ3n) is 3.93. The molecule has 0 spiro atoms. The zero-order valence-corrected chi connectivity index (χ0v) is 13.4. The van der Waals surface area contributed by atoms with E-state index in [0.717, 1.165) is 23.9 Å². The first-order chi connectivity index (χ1) is 8.69. The van der Waals surface area contributed by atoms with Crippen LogP contribution in [0.2, 0.25) is 0 Å². The second-order valence-corrected chi connectivity index (χ2v) is 6.66. The number of ether oxygens (including phenoxy) is 1. The van der Waals surface area contributed by atoms with E-state index >= 15 is 0 Å². The molecule has 1 aromatic heterocycles. The van der Waals surface area contributed by atoms with Gasteiger partial charge in [-0.05, 0) is 46.6 Å². The van der Waals surface area contributed by atoms with E-state index in [0.29, 0.717) is 0 Å². The fraction of sp³-hybridized carbons (Fsp3) is 0.714. The molecular weight excluding hydrogens is 310 g/mol. The van der Waals surface area contributed by atoms with Gasteiger partial charge in [0.2, 0.25) is 0 Å². The fourth-order valence-electron chi connectivity index (χ4n) is 2.96. The molecule has 2 nitrogen and oxygen atoms in total. The molecule has 1 saturated carbocycles. The van der Waals surface area contributed by atoms with Crippen LogP contribution in [0.15, 0.2) is 15.2 Å². The van der Waals surface area contributed by atoms with Crippen LogP contribution >= 0.6 is 27.3 Å². The molecule has 1 aliphatic carbocycles. The molecule has 0 aromatic carbocycles. The van der Waals surface area contributed by atoms with Crippen LogP contribution in [0.3, 0.4) is 0 Å². The number of rotatable bonds is 4. The van der Waals surface area contributed by atoms with Crippen molar-refractivity contribution >= 4 is 27.3 Å². The normalized spacial score (nSPS) is 21.5. The largest absolute Gasteiger partial charge is 0.373 e. The third-order valence-corrected chi connectivity index (χ3v) is 5.68. The molecule has 1 aromatic rings. The summed E-state index contributed by atoms with van der Waals surface area (Å²) in [5, 5.41) is 4.26. The van der Waals surface area contributed by atoms with E-state index in [2.05, 4.69) is 33.6 Å². The number of hydrogen-bond donors (Lipinski definition) is 1. The van der Waals surface area contributed by atoms with Gasteiger partial charge in [0.05, 0.1) is 11.6 Å². The summed E-state index contributed by atoms with van der Waals surface area (Å²) in [7, 11) is 0. The Labute approximate surface area is 122 Å². The smallest absolute Gasteiger partial charge is 0.0874 e. The number of hydrogen-bond acceptors (Lipinski definition) is 3. The second-order valence-electron chi connectivity index (χ2n) is 5.06. The Balaban J connectivity index is 2.25. The predicted octanol–water partition coefficient (Wildman–Crippen LogP) is 4.64. The summed E-state index contributed by atoms with van der Waals surface area (Å²) >= 11 is 5.30. The topological polar surface area (TPSA) is 35.2 Å². The molecule has 1 unspecified atom stereocenters. The first-order valence-corrected chi connectivity index (χ1v) is 8.54. The molecule has 1 heterocycles. The van der Waals surface area contributed by atoms with Crippen LogP contribution in [-0.4, -0.2) is 12.2 Å². The van der Waals surface area contributed by atoms with Crippen LogP contribution in [0.4, 0.5) is 0 Å². The maximum atomic E-state index is 6.56. The van der Waals surface area contributed by atoms with Crippen molar-refractivity contribution in [3.8, 4) is 0 Å². The van der Waals surface area contributed by atoms with Crippen molar-refractivity contribution in [3.63, 3.8) is 0 Å². The van der Waals surface area contributed by atoms with Crippen molar-refractivity contribution in [3.05, 3.63) is 20.8 Å². The summed E-state index contributed by atoms with van der Waals surface area (Å²) < 4.78 is 7.28. The van der Waals surface area contributed by atoms with Crippen LogP contribution in [0.5, 0.6) is 0 Å². The molecule has 0 amide bonds. The highest BCUT2D eigenvalue weighted by atomic mass is 79.9. The van der Waals surface area contributed by atoms with Gasteiger partial charge in [-0.2, -0.15) is 11.3 Å². The van der Waals surface area contributed by atoms with Gasteiger partial charge < -0.3 is 10.5 Å². The van der Waals surface area contributed by atoms with E-state index < -0.39 is 0 Å². The van der Waals surface area contributed by atoms with E-state index in [9.17, 15) is 0 Å². The number of nitrogens with two attached hydrogens (primary N) is 1. The van der Waals surface area contributed by atoms with Crippen LogP contribution in [-0.2, 0) is 4.74 Å². The fourth-order valence-corrected chi connectivity index (χ4v) is 4.54. The Kier molecular flexibility index (Phi) is 5.24. The molecule has 2 N–H and O–H groups in total. The van der Waals surface area contributed by atoms with Gasteiger partial charge in [0.15, 0.2) is 0 Å². The third kappa shape index (κ3) is 2.98. The minimum absolute atomic E-state index is 0.0174. The Morgan fingerprint density at radius 2 is 2.00 bits per heavy atom. The molecule has 1 aliphatic rings. The van der Waals surface area contributed by atoms with Crippen LogP contribution < -0.4 is 5.73 Å². The first-order valence-electron chi connectivity index (χ1n) is 6.81. The van der Waals surface area contributed by atoms with Gasteiger partial charge >= 0.3 is 0 Å². The quantitative estimate of drug-likeness (QED) is 0.815. The molecule has 1 atom stereocenters. The molecule has 0 radical (unpaired) electrons. The standard InChI is InChI=1S/C14H22BrNOS/c1-2-17-14(7-5-3-4-6-8-14)13(16)11-9-18-10-12(11)15/h9-10,13H,2-8,16H2,1H3. The summed E-state index contributed by atoms with van der Waals surface area (Å²) in [6.45, 7) is 2.82. The average Bonchev–Trinajstić information content (AvgIpc) is 2.64. The Hall–Kier alpha value is 0.100. The Morgan fingerprint density at radius 1 is 1.33 bits per heavy atom. The minimum Gasteiger partial charge on any atom is -0.373 e. The zero-order valence-electron chi connectivity index (χ0n) is 11.0. The minimum atomic E-state index is -0.158. The van der Waals surface area contributed by atoms with E-state index in [1.807, 2.05) is 0 Å². The van der Waals surface area contributed by atoms with Crippen molar-refractivity contribution in [1.29, 1.82) is 0 Å². The van der Waals surface area contributed by atoms with Crippen molar-refractivity contribution in [2.75, 3.05) is 6.61 Å². The van der Waals surface area contributed by atoms with E-state index in [1.165, 1.54) is 31.2 Å². The maximum absolute atomic E-state index is 6.56. The summed E-state index contributed by atoms with van der Waals surface area (Å²) in [6.07, 6.45) is 7.26. The van der Waals surface area contributed by atoms with Gasteiger partial charge in [-0.3, -0.25) is 0 Å². The SMILES string of the molecule is CCOC1(C(N)c2cscc2Br)CCCCCC1. The van der Waals surface area contributed by atoms with E-state index in [4.69, 9.17) is 10.5 Å². The van der Waals surface area contributed by atoms with Crippen LogP contribution in [0.25, 0.3) is 0 Å². The lowest BCUT2D eigenvalue weighted by atomic mass is 9.83. The lowest BCUT2D eigenvalue weighted by Gasteiger charge is -2.38. The van der Waals surface area contributed by atoms with Crippen LogP contribution in [0, 0.1) is 0 Å². The molecule has 0 aliphatic heterocycles. The number of thiophene rings is 1. The monoisotopic (exact) mass is 331 g/mol. The van der Waals surface area contributed by atoms with Crippen molar-refractivity contribution in [1.82, 2.24) is 0 Å². The highest BCUT2D eigenvalue weighted by molar-refractivity contribution is 9.10. The highest BCUT2D eigenvalue weighted by Gasteiger charge is 2.39. The molecule has 102 valence electrons. The van der Waals surface area contributed by atoms with Gasteiger partial charge in [-0.15, -0.1) is 0 Å². The molecule has 0 saturated heterocycles. The predicted molar refractivity (Wildman–Crippen MR) is 81.0 cm³/mol. The van der Waals surface area contributed by atoms with Crippen LogP contribution in [0.1, 0.15) is 57.1 Å². The van der Waals surface area contributed by atoms with Crippen molar-refractivity contribution < 1.29 is 4.74 Å². The molecule has 4 heteroatoms. The Morgan fingerprint density at radius 3 is 2.50 bits per heavy atom. The number of halogens is 1. The van der Waals surface area contributed by atoms with Gasteiger partial charge in [-0.25, -0.2) is 0 Å². The van der Waals surface area contributed by atoms with Crippen molar-refractivity contribution in [2.45, 2.75) is 57.1 Å². The summed E-state index contributed by atoms with van der Waals surface area (Å²) in [4.78, 5) is 0. The van der Waals surface area contributed by atoms with Gasteiger partial charge in [0.1, 0.15) is 0 Å². The highest BCUT2D eigenvalue weighted by Crippen LogP contribution is 2.42. The molecule has 1 fully saturated rings. The van der Waals surface area contributed by atoms with E-state index in [-0.39, 0.29) is 11.6 Å². The summed E-state index contributed by atoms with van der Waals surface area (Å²) in [6, 6.07) is -0.0174. The van der Waals surface area contributed by atoms with E-state index in [1.54, 1.807) is 11.3 Å². The summed E-state index contributed by atoms with van der Waals surface area (Å²) in [5.74, 6) is 0. The molecular formula is C14H22BrNOS. The lowest BCUT2D eigenvalue weighted by Crippen LogP contribution is -2.43. The molecule has 2 rings (SSSR count). The molecule has 0 bridgehead atoms. The Bertz CT molecular complexity index is 372. The van der Waals surface area contributed by atoms with Gasteiger partial charge in [0, 0.05) is 16.5 Å². The van der Waals surface area contributed by atoms with Gasteiger partial charge in [-0.1, -0.05) is 25.7 Å². The van der Waals surface area contributed by atoms with Crippen molar-refractivity contribution in [2.24, 2.45) is 5.73 Å².